The molecule has 128 valence electrons. The van der Waals surface area contributed by atoms with E-state index in [4.69, 9.17) is 9.47 Å². The second kappa shape index (κ2) is 8.14. The highest BCUT2D eigenvalue weighted by atomic mass is 127. The summed E-state index contributed by atoms with van der Waals surface area (Å²) in [7, 11) is 3.48. The van der Waals surface area contributed by atoms with Gasteiger partial charge in [-0.1, -0.05) is 6.07 Å². The summed E-state index contributed by atoms with van der Waals surface area (Å²) in [5.74, 6) is 1.60. The highest BCUT2D eigenvalue weighted by molar-refractivity contribution is 14.0. The number of hydrogen-bond acceptors (Lipinski definition) is 4. The van der Waals surface area contributed by atoms with Crippen molar-refractivity contribution in [3.05, 3.63) is 23.9 Å². The van der Waals surface area contributed by atoms with Gasteiger partial charge in [0.15, 0.2) is 5.96 Å². The van der Waals surface area contributed by atoms with Gasteiger partial charge in [0.05, 0.1) is 13.7 Å². The number of aromatic nitrogens is 1. The van der Waals surface area contributed by atoms with Crippen LogP contribution in [0.1, 0.15) is 18.4 Å². The van der Waals surface area contributed by atoms with Crippen LogP contribution in [0, 0.1) is 5.41 Å². The predicted octanol–water partition coefficient (Wildman–Crippen LogP) is 1.90. The van der Waals surface area contributed by atoms with E-state index in [1.54, 1.807) is 13.3 Å². The maximum atomic E-state index is 5.59. The Balaban J connectivity index is 0.00000192. The topological polar surface area (TPSA) is 59.0 Å². The van der Waals surface area contributed by atoms with Gasteiger partial charge in [0, 0.05) is 50.5 Å². The minimum Gasteiger partial charge on any atom is -0.481 e. The molecule has 0 aliphatic carbocycles. The van der Waals surface area contributed by atoms with Crippen molar-refractivity contribution < 1.29 is 9.47 Å². The Kier molecular flexibility index (Phi) is 6.46. The van der Waals surface area contributed by atoms with Crippen LogP contribution in [0.25, 0.3) is 0 Å². The lowest BCUT2D eigenvalue weighted by Crippen LogP contribution is -2.41. The van der Waals surface area contributed by atoms with Gasteiger partial charge in [0.1, 0.15) is 0 Å². The summed E-state index contributed by atoms with van der Waals surface area (Å²) in [6, 6.07) is 3.94. The third-order valence-corrected chi connectivity index (χ3v) is 4.61. The molecule has 0 aromatic carbocycles. The summed E-state index contributed by atoms with van der Waals surface area (Å²) in [4.78, 5) is 11.0. The first-order chi connectivity index (χ1) is 10.8. The predicted molar refractivity (Wildman–Crippen MR) is 100 cm³/mol. The van der Waals surface area contributed by atoms with E-state index in [2.05, 4.69) is 20.2 Å². The number of hydrogen-bond donors (Lipinski definition) is 1. The van der Waals surface area contributed by atoms with Crippen LogP contribution >= 0.6 is 24.0 Å². The van der Waals surface area contributed by atoms with Crippen molar-refractivity contribution in [2.45, 2.75) is 19.4 Å². The molecule has 0 saturated carbocycles. The van der Waals surface area contributed by atoms with Gasteiger partial charge in [-0.2, -0.15) is 0 Å². The average Bonchev–Trinajstić information content (AvgIpc) is 3.19. The molecule has 7 heteroatoms. The molecule has 0 bridgehead atoms. The third kappa shape index (κ3) is 4.06. The van der Waals surface area contributed by atoms with Gasteiger partial charge in [-0.25, -0.2) is 4.98 Å². The van der Waals surface area contributed by atoms with Crippen LogP contribution in [0.3, 0.4) is 0 Å². The molecule has 2 aliphatic rings. The molecule has 1 N–H and O–H groups in total. The third-order valence-electron chi connectivity index (χ3n) is 4.61. The first-order valence-corrected chi connectivity index (χ1v) is 7.78. The molecule has 6 nitrogen and oxygen atoms in total. The maximum Gasteiger partial charge on any atom is 0.218 e. The minimum atomic E-state index is 0. The van der Waals surface area contributed by atoms with Gasteiger partial charge in [0.2, 0.25) is 5.88 Å². The lowest BCUT2D eigenvalue weighted by molar-refractivity contribution is 0.156. The maximum absolute atomic E-state index is 5.59. The van der Waals surface area contributed by atoms with Crippen molar-refractivity contribution in [1.82, 2.24) is 15.2 Å². The van der Waals surface area contributed by atoms with E-state index >= 15 is 0 Å². The van der Waals surface area contributed by atoms with E-state index in [1.165, 1.54) is 6.42 Å². The summed E-state index contributed by atoms with van der Waals surface area (Å²) in [5, 5.41) is 3.42. The molecule has 1 unspecified atom stereocenters. The summed E-state index contributed by atoms with van der Waals surface area (Å²) >= 11 is 0. The number of likely N-dealkylation sites (tertiary alicyclic amines) is 1. The molecular weight excluding hydrogens is 407 g/mol. The van der Waals surface area contributed by atoms with Crippen molar-refractivity contribution in [2.75, 3.05) is 40.5 Å². The molecule has 3 rings (SSSR count). The Bertz CT molecular complexity index is 547. The first-order valence-electron chi connectivity index (χ1n) is 7.78. The van der Waals surface area contributed by atoms with Gasteiger partial charge < -0.3 is 19.7 Å². The lowest BCUT2D eigenvalue weighted by atomic mass is 9.87. The molecule has 1 aromatic rings. The van der Waals surface area contributed by atoms with E-state index in [0.717, 1.165) is 44.2 Å². The molecule has 2 fully saturated rings. The largest absolute Gasteiger partial charge is 0.481 e. The zero-order chi connectivity index (χ0) is 15.4. The zero-order valence-corrected chi connectivity index (χ0v) is 16.1. The van der Waals surface area contributed by atoms with Crippen molar-refractivity contribution in [3.8, 4) is 5.88 Å². The number of ether oxygens (including phenoxy) is 2. The van der Waals surface area contributed by atoms with Crippen molar-refractivity contribution in [1.29, 1.82) is 0 Å². The Morgan fingerprint density at radius 2 is 2.39 bits per heavy atom. The van der Waals surface area contributed by atoms with Crippen molar-refractivity contribution in [3.63, 3.8) is 0 Å². The molecule has 1 spiro atoms. The molecule has 3 heterocycles. The van der Waals surface area contributed by atoms with E-state index < -0.39 is 0 Å². The summed E-state index contributed by atoms with van der Waals surface area (Å²) in [6.07, 6.45) is 4.09. The number of rotatable bonds is 3. The summed E-state index contributed by atoms with van der Waals surface area (Å²) < 4.78 is 10.9. The number of methoxy groups -OCH3 is 1. The smallest absolute Gasteiger partial charge is 0.218 e. The van der Waals surface area contributed by atoms with Crippen LogP contribution in [-0.2, 0) is 11.3 Å². The van der Waals surface area contributed by atoms with Crippen LogP contribution in [0.2, 0.25) is 0 Å². The highest BCUT2D eigenvalue weighted by Gasteiger charge is 2.42. The van der Waals surface area contributed by atoms with Crippen LogP contribution in [-0.4, -0.2) is 56.3 Å². The number of pyridine rings is 1. The minimum absolute atomic E-state index is 0. The summed E-state index contributed by atoms with van der Waals surface area (Å²) in [6.45, 7) is 4.50. The Morgan fingerprint density at radius 3 is 3.09 bits per heavy atom. The van der Waals surface area contributed by atoms with Crippen LogP contribution in [0.15, 0.2) is 23.3 Å². The molecule has 1 aromatic heterocycles. The van der Waals surface area contributed by atoms with Gasteiger partial charge in [-0.15, -0.1) is 24.0 Å². The second-order valence-electron chi connectivity index (χ2n) is 6.05. The first kappa shape index (κ1) is 18.3. The van der Waals surface area contributed by atoms with Crippen molar-refractivity contribution >= 4 is 29.9 Å². The fourth-order valence-corrected chi connectivity index (χ4v) is 3.34. The molecule has 2 aliphatic heterocycles. The van der Waals surface area contributed by atoms with Gasteiger partial charge in [0.25, 0.3) is 0 Å². The quantitative estimate of drug-likeness (QED) is 0.449. The molecule has 1 atom stereocenters. The van der Waals surface area contributed by atoms with E-state index in [9.17, 15) is 0 Å². The standard InChI is InChI=1S/C16H24N4O2.HI/c1-17-15(19-10-13-4-3-7-18-14(13)21-2)20-8-5-16(11-20)6-9-22-12-16;/h3-4,7H,5-6,8-12H2,1-2H3,(H,17,19);1H. The Morgan fingerprint density at radius 1 is 1.52 bits per heavy atom. The van der Waals surface area contributed by atoms with Crippen LogP contribution < -0.4 is 10.1 Å². The van der Waals surface area contributed by atoms with Crippen LogP contribution in [0.4, 0.5) is 0 Å². The zero-order valence-electron chi connectivity index (χ0n) is 13.7. The van der Waals surface area contributed by atoms with Gasteiger partial charge in [-0.3, -0.25) is 4.99 Å². The lowest BCUT2D eigenvalue weighted by Gasteiger charge is -2.25. The number of aliphatic imine (C=N–C) groups is 1. The van der Waals surface area contributed by atoms with E-state index in [0.29, 0.717) is 17.8 Å². The normalized spacial score (nSPS) is 23.9. The number of halogens is 1. The fourth-order valence-electron chi connectivity index (χ4n) is 3.34. The number of nitrogens with one attached hydrogen (secondary N) is 1. The van der Waals surface area contributed by atoms with Crippen molar-refractivity contribution in [2.24, 2.45) is 10.4 Å². The average molecular weight is 432 g/mol. The second-order valence-corrected chi connectivity index (χ2v) is 6.05. The molecule has 0 amide bonds. The van der Waals surface area contributed by atoms with E-state index in [1.807, 2.05) is 19.2 Å². The van der Waals surface area contributed by atoms with Gasteiger partial charge >= 0.3 is 0 Å². The summed E-state index contributed by atoms with van der Waals surface area (Å²) in [5.41, 5.74) is 1.37. The molecular formula is C16H25IN4O2. The Hall–Kier alpha value is -1.09. The molecule has 23 heavy (non-hydrogen) atoms. The Labute approximate surface area is 154 Å². The van der Waals surface area contributed by atoms with Gasteiger partial charge in [-0.05, 0) is 18.9 Å². The van der Waals surface area contributed by atoms with E-state index in [-0.39, 0.29) is 24.0 Å². The molecule has 0 radical (unpaired) electrons. The molecule has 2 saturated heterocycles. The SMILES string of the molecule is CN=C(NCc1cccnc1OC)N1CCC2(CCOC2)C1.I. The monoisotopic (exact) mass is 432 g/mol. The fraction of sp³-hybridized carbons (Fsp3) is 0.625. The number of guanidine groups is 1. The number of nitrogens with zero attached hydrogens (tertiary/aromatic N) is 3. The van der Waals surface area contributed by atoms with Crippen LogP contribution in [0.5, 0.6) is 5.88 Å². The highest BCUT2D eigenvalue weighted by Crippen LogP contribution is 2.38.